The van der Waals surface area contributed by atoms with Gasteiger partial charge in [-0.3, -0.25) is 0 Å². The van der Waals surface area contributed by atoms with Gasteiger partial charge in [0.2, 0.25) is 5.88 Å². The summed E-state index contributed by atoms with van der Waals surface area (Å²) in [6.45, 7) is 0. The molecule has 4 nitrogen and oxygen atoms in total. The fraction of sp³-hybridized carbons (Fsp3) is 0.556. The Hall–Kier alpha value is -1.37. The smallest absolute Gasteiger partial charge is 0.435 e. The SMILES string of the molecule is NC1CC(Oc2ccc(C(F)(F)F)nn2)C1. The van der Waals surface area contributed by atoms with Crippen LogP contribution >= 0.6 is 0 Å². The van der Waals surface area contributed by atoms with Crippen molar-refractivity contribution in [3.05, 3.63) is 17.8 Å². The molecule has 0 bridgehead atoms. The van der Waals surface area contributed by atoms with Crippen molar-refractivity contribution in [1.82, 2.24) is 10.2 Å². The molecule has 7 heteroatoms. The number of rotatable bonds is 2. The zero-order valence-corrected chi connectivity index (χ0v) is 8.24. The van der Waals surface area contributed by atoms with E-state index in [-0.39, 0.29) is 18.0 Å². The van der Waals surface area contributed by atoms with Crippen LogP contribution in [0.4, 0.5) is 13.2 Å². The van der Waals surface area contributed by atoms with Crippen molar-refractivity contribution in [1.29, 1.82) is 0 Å². The Labute approximate surface area is 89.6 Å². The molecular formula is C9H10F3N3O. The van der Waals surface area contributed by atoms with E-state index in [9.17, 15) is 13.2 Å². The first kappa shape index (κ1) is 11.1. The minimum Gasteiger partial charge on any atom is -0.473 e. The summed E-state index contributed by atoms with van der Waals surface area (Å²) in [5.41, 5.74) is 4.52. The van der Waals surface area contributed by atoms with Gasteiger partial charge in [-0.15, -0.1) is 10.2 Å². The van der Waals surface area contributed by atoms with Crippen LogP contribution in [-0.4, -0.2) is 22.3 Å². The normalized spacial score (nSPS) is 25.0. The van der Waals surface area contributed by atoms with E-state index in [0.29, 0.717) is 12.8 Å². The van der Waals surface area contributed by atoms with Crippen molar-refractivity contribution < 1.29 is 17.9 Å². The van der Waals surface area contributed by atoms with E-state index in [1.807, 2.05) is 0 Å². The Morgan fingerprint density at radius 2 is 1.94 bits per heavy atom. The summed E-state index contributed by atoms with van der Waals surface area (Å²) >= 11 is 0. The summed E-state index contributed by atoms with van der Waals surface area (Å²) in [5, 5.41) is 6.41. The first-order valence-corrected chi connectivity index (χ1v) is 4.78. The second kappa shape index (κ2) is 3.89. The van der Waals surface area contributed by atoms with Gasteiger partial charge < -0.3 is 10.5 Å². The average Bonchev–Trinajstić information content (AvgIpc) is 2.15. The van der Waals surface area contributed by atoms with Crippen LogP contribution in [0.15, 0.2) is 12.1 Å². The maximum Gasteiger partial charge on any atom is 0.435 e. The Bertz CT molecular complexity index is 359. The second-order valence-corrected chi connectivity index (χ2v) is 3.73. The zero-order valence-electron chi connectivity index (χ0n) is 8.24. The molecule has 1 aliphatic rings. The number of hydrogen-bond acceptors (Lipinski definition) is 4. The van der Waals surface area contributed by atoms with Crippen molar-refractivity contribution in [2.75, 3.05) is 0 Å². The summed E-state index contributed by atoms with van der Waals surface area (Å²) < 4.78 is 41.7. The summed E-state index contributed by atoms with van der Waals surface area (Å²) in [5.74, 6) is 0.102. The predicted octanol–water partition coefficient (Wildman–Crippen LogP) is 1.36. The largest absolute Gasteiger partial charge is 0.473 e. The van der Waals surface area contributed by atoms with Crippen molar-refractivity contribution in [2.45, 2.75) is 31.2 Å². The molecule has 0 radical (unpaired) electrons. The molecule has 0 aliphatic heterocycles. The number of hydrogen-bond donors (Lipinski definition) is 1. The molecule has 0 atom stereocenters. The van der Waals surface area contributed by atoms with Crippen LogP contribution < -0.4 is 10.5 Å². The maximum atomic E-state index is 12.2. The van der Waals surface area contributed by atoms with Crippen LogP contribution in [0.3, 0.4) is 0 Å². The highest BCUT2D eigenvalue weighted by Crippen LogP contribution is 2.28. The van der Waals surface area contributed by atoms with Gasteiger partial charge in [0.1, 0.15) is 6.10 Å². The van der Waals surface area contributed by atoms with Gasteiger partial charge in [0.05, 0.1) is 0 Å². The second-order valence-electron chi connectivity index (χ2n) is 3.73. The molecule has 2 N–H and O–H groups in total. The van der Waals surface area contributed by atoms with Crippen molar-refractivity contribution in [3.63, 3.8) is 0 Å². The van der Waals surface area contributed by atoms with Gasteiger partial charge in [0, 0.05) is 12.1 Å². The van der Waals surface area contributed by atoms with E-state index in [1.54, 1.807) is 0 Å². The molecule has 1 saturated carbocycles. The predicted molar refractivity (Wildman–Crippen MR) is 48.7 cm³/mol. The molecular weight excluding hydrogens is 223 g/mol. The number of ether oxygens (including phenoxy) is 1. The fourth-order valence-electron chi connectivity index (χ4n) is 1.41. The number of nitrogens with zero attached hydrogens (tertiary/aromatic N) is 2. The van der Waals surface area contributed by atoms with Crippen LogP contribution in [0.1, 0.15) is 18.5 Å². The van der Waals surface area contributed by atoms with Gasteiger partial charge in [0.25, 0.3) is 0 Å². The molecule has 0 spiro atoms. The van der Waals surface area contributed by atoms with E-state index < -0.39 is 11.9 Å². The van der Waals surface area contributed by atoms with Crippen LogP contribution in [0, 0.1) is 0 Å². The van der Waals surface area contributed by atoms with Gasteiger partial charge in [-0.2, -0.15) is 13.2 Å². The van der Waals surface area contributed by atoms with Gasteiger partial charge >= 0.3 is 6.18 Å². The van der Waals surface area contributed by atoms with Gasteiger partial charge in [-0.1, -0.05) is 0 Å². The van der Waals surface area contributed by atoms with Crippen molar-refractivity contribution in [2.24, 2.45) is 5.73 Å². The number of alkyl halides is 3. The molecule has 0 amide bonds. The van der Waals surface area contributed by atoms with Crippen molar-refractivity contribution >= 4 is 0 Å². The third-order valence-electron chi connectivity index (χ3n) is 2.35. The first-order valence-electron chi connectivity index (χ1n) is 4.78. The summed E-state index contributed by atoms with van der Waals surface area (Å²) in [4.78, 5) is 0. The van der Waals surface area contributed by atoms with Gasteiger partial charge in [-0.05, 0) is 18.9 Å². The van der Waals surface area contributed by atoms with E-state index in [1.165, 1.54) is 6.07 Å². The third-order valence-corrected chi connectivity index (χ3v) is 2.35. The lowest BCUT2D eigenvalue weighted by Gasteiger charge is -2.31. The van der Waals surface area contributed by atoms with E-state index >= 15 is 0 Å². The van der Waals surface area contributed by atoms with Crippen molar-refractivity contribution in [3.8, 4) is 5.88 Å². The number of halogens is 3. The molecule has 1 heterocycles. The quantitative estimate of drug-likeness (QED) is 0.837. The topological polar surface area (TPSA) is 61.0 Å². The minimum absolute atomic E-state index is 0.0546. The Balaban J connectivity index is 1.97. The Morgan fingerprint density at radius 3 is 2.38 bits per heavy atom. The molecule has 0 aromatic carbocycles. The van der Waals surface area contributed by atoms with Crippen LogP contribution in [-0.2, 0) is 6.18 Å². The highest BCUT2D eigenvalue weighted by Gasteiger charge is 2.33. The molecule has 0 saturated heterocycles. The number of aromatic nitrogens is 2. The van der Waals surface area contributed by atoms with E-state index in [0.717, 1.165) is 6.07 Å². The van der Waals surface area contributed by atoms with E-state index in [4.69, 9.17) is 10.5 Å². The standard InChI is InChI=1S/C9H10F3N3O/c10-9(11,12)7-1-2-8(15-14-7)16-6-3-5(13)4-6/h1-2,5-6H,3-4,13H2. The molecule has 2 rings (SSSR count). The monoisotopic (exact) mass is 233 g/mol. The molecule has 1 fully saturated rings. The summed E-state index contributed by atoms with van der Waals surface area (Å²) in [6.07, 6.45) is -3.13. The van der Waals surface area contributed by atoms with Gasteiger partial charge in [-0.25, -0.2) is 0 Å². The third kappa shape index (κ3) is 2.41. The lowest BCUT2D eigenvalue weighted by molar-refractivity contribution is -0.141. The summed E-state index contributed by atoms with van der Waals surface area (Å²) in [6, 6.07) is 2.13. The van der Waals surface area contributed by atoms with Crippen LogP contribution in [0.25, 0.3) is 0 Å². The Kier molecular flexibility index (Phi) is 2.71. The molecule has 88 valence electrons. The lowest BCUT2D eigenvalue weighted by Crippen LogP contribution is -2.43. The number of nitrogens with two attached hydrogens (primary N) is 1. The van der Waals surface area contributed by atoms with Crippen LogP contribution in [0.5, 0.6) is 5.88 Å². The Morgan fingerprint density at radius 1 is 1.25 bits per heavy atom. The molecule has 0 unspecified atom stereocenters. The molecule has 16 heavy (non-hydrogen) atoms. The average molecular weight is 233 g/mol. The zero-order chi connectivity index (χ0) is 11.8. The fourth-order valence-corrected chi connectivity index (χ4v) is 1.41. The maximum absolute atomic E-state index is 12.2. The molecule has 1 aromatic heterocycles. The molecule has 1 aromatic rings. The first-order chi connectivity index (χ1) is 7.45. The lowest BCUT2D eigenvalue weighted by atomic mass is 9.90. The highest BCUT2D eigenvalue weighted by molar-refractivity contribution is 5.14. The van der Waals surface area contributed by atoms with Gasteiger partial charge in [0.15, 0.2) is 5.69 Å². The minimum atomic E-state index is -4.47. The van der Waals surface area contributed by atoms with Crippen LogP contribution in [0.2, 0.25) is 0 Å². The highest BCUT2D eigenvalue weighted by atomic mass is 19.4. The summed E-state index contributed by atoms with van der Waals surface area (Å²) in [7, 11) is 0. The van der Waals surface area contributed by atoms with E-state index in [2.05, 4.69) is 10.2 Å². The molecule has 1 aliphatic carbocycles.